The summed E-state index contributed by atoms with van der Waals surface area (Å²) < 4.78 is 0. The Morgan fingerprint density at radius 2 is 1.79 bits per heavy atom. The number of nitrogens with zero attached hydrogens (tertiary/aromatic N) is 1. The number of nitrogens with one attached hydrogen (secondary N) is 2. The monoisotopic (exact) mass is 586 g/mol. The molecule has 1 saturated carbocycles. The Kier molecular flexibility index (Phi) is 9.47. The van der Waals surface area contributed by atoms with Gasteiger partial charge >= 0.3 is 0 Å². The molecule has 0 aromatic heterocycles. The number of likely N-dealkylation sites (N-methyl/N-ethyl adjacent to an activating group) is 2. The van der Waals surface area contributed by atoms with Crippen LogP contribution in [0.15, 0.2) is 29.0 Å². The fourth-order valence-corrected chi connectivity index (χ4v) is 5.75. The number of carbonyl (C=O) groups excluding carboxylic acids is 4. The molecule has 3 aliphatic carbocycles. The maximum Gasteiger partial charge on any atom is 0.255 e. The third-order valence-corrected chi connectivity index (χ3v) is 7.40. The first-order valence-electron chi connectivity index (χ1n) is 11.9. The Labute approximate surface area is 236 Å². The van der Waals surface area contributed by atoms with Gasteiger partial charge in [-0.25, -0.2) is 0 Å². The molecule has 2 amide bonds. The number of nitrogens with two attached hydrogens (primary N) is 1. The van der Waals surface area contributed by atoms with Crippen LogP contribution in [0.4, 0.5) is 5.69 Å². The number of phenols is 1. The number of carbonyl (C=O) groups is 4. The summed E-state index contributed by atoms with van der Waals surface area (Å²) in [5.74, 6) is -7.63. The van der Waals surface area contributed by atoms with Crippen LogP contribution in [0.25, 0.3) is 5.76 Å². The Hall–Kier alpha value is -3.16. The lowest BCUT2D eigenvalue weighted by atomic mass is 9.57. The summed E-state index contributed by atoms with van der Waals surface area (Å²) >= 11 is 0. The van der Waals surface area contributed by atoms with E-state index < -0.39 is 69.7 Å². The highest BCUT2D eigenvalue weighted by molar-refractivity contribution is 6.24. The van der Waals surface area contributed by atoms with E-state index in [1.165, 1.54) is 25.1 Å². The maximum absolute atomic E-state index is 13.8. The lowest BCUT2D eigenvalue weighted by Crippen LogP contribution is -2.65. The fraction of sp³-hybridized carbons (Fsp3) is 0.440. The number of aliphatic hydroxyl groups excluding tert-OH is 2. The summed E-state index contributed by atoms with van der Waals surface area (Å²) in [6.45, 7) is 2.38. The van der Waals surface area contributed by atoms with Crippen molar-refractivity contribution in [1.29, 1.82) is 0 Å². The van der Waals surface area contributed by atoms with Crippen molar-refractivity contribution < 1.29 is 39.6 Å². The van der Waals surface area contributed by atoms with Gasteiger partial charge in [0.2, 0.25) is 11.7 Å². The fourth-order valence-electron chi connectivity index (χ4n) is 5.75. The van der Waals surface area contributed by atoms with E-state index in [1.54, 1.807) is 6.07 Å². The summed E-state index contributed by atoms with van der Waals surface area (Å²) in [7, 11) is 3.08. The van der Waals surface area contributed by atoms with Gasteiger partial charge in [-0.2, -0.15) is 0 Å². The van der Waals surface area contributed by atoms with Crippen LogP contribution < -0.4 is 16.4 Å². The van der Waals surface area contributed by atoms with Gasteiger partial charge in [0.1, 0.15) is 22.8 Å². The SMILES string of the molecule is CCNCC(=O)Nc1ccc2c(c1O)C(O)=C1C(=O)C3(O)C(O)=C(C(N)=O)C(=O)[C@@H](N(C)C)C3CC1C2.Cl.Cl. The van der Waals surface area contributed by atoms with Crippen LogP contribution in [-0.2, 0) is 25.6 Å². The predicted octanol–water partition coefficient (Wildman–Crippen LogP) is 0.356. The van der Waals surface area contributed by atoms with Gasteiger partial charge in [0.05, 0.1) is 23.8 Å². The van der Waals surface area contributed by atoms with Crippen molar-refractivity contribution in [2.24, 2.45) is 17.6 Å². The number of phenolic OH excluding ortho intramolecular Hbond substituents is 1. The molecule has 1 aromatic carbocycles. The minimum Gasteiger partial charge on any atom is -0.508 e. The van der Waals surface area contributed by atoms with Crippen molar-refractivity contribution in [3.8, 4) is 5.75 Å². The van der Waals surface area contributed by atoms with Gasteiger partial charge < -0.3 is 36.8 Å². The van der Waals surface area contributed by atoms with Crippen molar-refractivity contribution >= 4 is 59.6 Å². The molecule has 14 heteroatoms. The largest absolute Gasteiger partial charge is 0.508 e. The molecular formula is C25H32Cl2N4O8. The highest BCUT2D eigenvalue weighted by Gasteiger charge is 2.64. The normalized spacial score (nSPS) is 25.7. The zero-order valence-electron chi connectivity index (χ0n) is 21.5. The lowest BCUT2D eigenvalue weighted by Gasteiger charge is -2.50. The van der Waals surface area contributed by atoms with E-state index in [-0.39, 0.29) is 61.0 Å². The molecule has 0 bridgehead atoms. The second-order valence-corrected chi connectivity index (χ2v) is 9.79. The number of aliphatic hydroxyl groups is 3. The van der Waals surface area contributed by atoms with E-state index in [4.69, 9.17) is 5.73 Å². The van der Waals surface area contributed by atoms with Crippen LogP contribution in [-0.4, -0.2) is 87.5 Å². The number of anilines is 1. The number of rotatable bonds is 6. The number of amides is 2. The molecule has 4 atom stereocenters. The number of Topliss-reactive ketones (excluding diaryl/α,β-unsaturated/α-hetero) is 2. The summed E-state index contributed by atoms with van der Waals surface area (Å²) in [5.41, 5.74) is 1.92. The van der Waals surface area contributed by atoms with Gasteiger partial charge in [-0.15, -0.1) is 24.8 Å². The minimum absolute atomic E-state index is 0. The third kappa shape index (κ3) is 4.87. The van der Waals surface area contributed by atoms with E-state index in [9.17, 15) is 39.6 Å². The van der Waals surface area contributed by atoms with Gasteiger partial charge in [0, 0.05) is 11.5 Å². The molecule has 4 rings (SSSR count). The van der Waals surface area contributed by atoms with Crippen LogP contribution >= 0.6 is 24.8 Å². The van der Waals surface area contributed by atoms with E-state index in [1.807, 2.05) is 6.92 Å². The minimum atomic E-state index is -2.70. The van der Waals surface area contributed by atoms with Crippen LogP contribution in [0.5, 0.6) is 5.75 Å². The van der Waals surface area contributed by atoms with Crippen molar-refractivity contribution in [3.63, 3.8) is 0 Å². The number of ketones is 2. The average Bonchev–Trinajstić information content (AvgIpc) is 2.81. The molecule has 0 spiro atoms. The molecule has 39 heavy (non-hydrogen) atoms. The third-order valence-electron chi connectivity index (χ3n) is 7.40. The van der Waals surface area contributed by atoms with Gasteiger partial charge in [0.15, 0.2) is 11.4 Å². The molecular weight excluding hydrogens is 555 g/mol. The number of aromatic hydroxyl groups is 1. The molecule has 3 unspecified atom stereocenters. The van der Waals surface area contributed by atoms with Crippen LogP contribution in [0.2, 0.25) is 0 Å². The quantitative estimate of drug-likeness (QED) is 0.180. The maximum atomic E-state index is 13.8. The van der Waals surface area contributed by atoms with E-state index in [0.29, 0.717) is 12.1 Å². The van der Waals surface area contributed by atoms with Gasteiger partial charge in [-0.3, -0.25) is 24.1 Å². The molecule has 214 valence electrons. The first kappa shape index (κ1) is 32.1. The smallest absolute Gasteiger partial charge is 0.255 e. The number of primary amides is 1. The first-order chi connectivity index (χ1) is 17.4. The summed E-state index contributed by atoms with van der Waals surface area (Å²) in [5, 5.41) is 49.9. The molecule has 1 aromatic rings. The van der Waals surface area contributed by atoms with Gasteiger partial charge in [-0.05, 0) is 51.0 Å². The van der Waals surface area contributed by atoms with Gasteiger partial charge in [-0.1, -0.05) is 13.0 Å². The van der Waals surface area contributed by atoms with Crippen LogP contribution in [0.3, 0.4) is 0 Å². The van der Waals surface area contributed by atoms with Gasteiger partial charge in [0.25, 0.3) is 5.91 Å². The molecule has 12 nitrogen and oxygen atoms in total. The Morgan fingerprint density at radius 3 is 2.36 bits per heavy atom. The number of hydrogen-bond acceptors (Lipinski definition) is 10. The Morgan fingerprint density at radius 1 is 1.15 bits per heavy atom. The van der Waals surface area contributed by atoms with Crippen LogP contribution in [0, 0.1) is 11.8 Å². The molecule has 0 aliphatic heterocycles. The zero-order valence-corrected chi connectivity index (χ0v) is 23.1. The topological polar surface area (TPSA) is 203 Å². The standard InChI is InChI=1S/C25H30N4O8.2ClH/c1-4-27-9-14(30)28-13-6-5-10-7-11-8-12-18(29(2)3)21(33)17(24(26)36)23(35)25(12,37)22(34)16(11)20(32)15(10)19(13)31;;/h5-6,11-12,18,27,31-32,35,37H,4,7-9H2,1-3H3,(H2,26,36)(H,28,30);2*1H/t11?,12?,18-,25?;;/m0../s1. The zero-order chi connectivity index (χ0) is 27.4. The summed E-state index contributed by atoms with van der Waals surface area (Å²) in [4.78, 5) is 52.4. The van der Waals surface area contributed by atoms with E-state index in [0.717, 1.165) is 0 Å². The van der Waals surface area contributed by atoms with Crippen LogP contribution in [0.1, 0.15) is 24.5 Å². The highest BCUT2D eigenvalue weighted by Crippen LogP contribution is 2.53. The lowest BCUT2D eigenvalue weighted by molar-refractivity contribution is -0.153. The van der Waals surface area contributed by atoms with Crippen molar-refractivity contribution in [2.75, 3.05) is 32.5 Å². The Balaban J connectivity index is 0.00000267. The van der Waals surface area contributed by atoms with E-state index >= 15 is 0 Å². The molecule has 3 aliphatic rings. The predicted molar refractivity (Wildman–Crippen MR) is 146 cm³/mol. The number of hydrogen-bond donors (Lipinski definition) is 7. The second-order valence-electron chi connectivity index (χ2n) is 9.79. The van der Waals surface area contributed by atoms with Crippen molar-refractivity contribution in [2.45, 2.75) is 31.4 Å². The molecule has 8 N–H and O–H groups in total. The van der Waals surface area contributed by atoms with E-state index in [2.05, 4.69) is 10.6 Å². The van der Waals surface area contributed by atoms with Crippen molar-refractivity contribution in [3.05, 3.63) is 40.2 Å². The highest BCUT2D eigenvalue weighted by atomic mass is 35.5. The Bertz CT molecular complexity index is 1290. The number of halogens is 2. The molecule has 0 saturated heterocycles. The number of fused-ring (bicyclic) bond motifs is 3. The molecule has 1 fully saturated rings. The molecule has 0 radical (unpaired) electrons. The summed E-state index contributed by atoms with van der Waals surface area (Å²) in [6.07, 6.45) is 0.182. The molecule has 0 heterocycles. The average molecular weight is 587 g/mol. The first-order valence-corrected chi connectivity index (χ1v) is 11.9. The van der Waals surface area contributed by atoms with Crippen molar-refractivity contribution in [1.82, 2.24) is 10.2 Å². The second kappa shape index (κ2) is 11.5. The number of benzene rings is 1. The summed E-state index contributed by atoms with van der Waals surface area (Å²) in [6, 6.07) is 1.95.